The van der Waals surface area contributed by atoms with E-state index in [2.05, 4.69) is 40.2 Å². The van der Waals surface area contributed by atoms with Crippen molar-refractivity contribution in [2.45, 2.75) is 19.9 Å². The first-order valence-corrected chi connectivity index (χ1v) is 8.50. The lowest BCUT2D eigenvalue weighted by atomic mass is 10.0. The van der Waals surface area contributed by atoms with Crippen molar-refractivity contribution in [1.29, 1.82) is 0 Å². The highest BCUT2D eigenvalue weighted by atomic mass is 32.1. The number of anilines is 1. The summed E-state index contributed by atoms with van der Waals surface area (Å²) in [6.45, 7) is 4.35. The Bertz CT molecular complexity index is 923. The number of aromatic amines is 1. The van der Waals surface area contributed by atoms with Crippen LogP contribution in [0.5, 0.6) is 0 Å². The Morgan fingerprint density at radius 2 is 2.00 bits per heavy atom. The van der Waals surface area contributed by atoms with Crippen molar-refractivity contribution in [3.05, 3.63) is 47.9 Å². The van der Waals surface area contributed by atoms with Crippen LogP contribution in [-0.4, -0.2) is 19.9 Å². The van der Waals surface area contributed by atoms with Crippen LogP contribution in [0.25, 0.3) is 21.3 Å². The number of rotatable bonds is 4. The molecule has 0 aliphatic carbocycles. The number of hydrogen-bond acceptors (Lipinski definition) is 5. The molecule has 116 valence electrons. The fourth-order valence-corrected chi connectivity index (χ4v) is 3.46. The SMILES string of the molecule is CC(C)C(Nc1ncnc2sccc12)c1nc2ccccc2[nH]1. The van der Waals surface area contributed by atoms with Crippen molar-refractivity contribution in [2.75, 3.05) is 5.32 Å². The molecule has 0 spiro atoms. The summed E-state index contributed by atoms with van der Waals surface area (Å²) in [5, 5.41) is 6.64. The normalized spacial score (nSPS) is 13.0. The van der Waals surface area contributed by atoms with Crippen LogP contribution < -0.4 is 5.32 Å². The number of benzene rings is 1. The molecule has 6 heteroatoms. The molecule has 3 heterocycles. The summed E-state index contributed by atoms with van der Waals surface area (Å²) in [5.41, 5.74) is 2.04. The summed E-state index contributed by atoms with van der Waals surface area (Å²) in [6, 6.07) is 10.2. The zero-order valence-electron chi connectivity index (χ0n) is 12.9. The molecule has 0 radical (unpaired) electrons. The first-order valence-electron chi connectivity index (χ1n) is 7.62. The fourth-order valence-electron chi connectivity index (χ4n) is 2.72. The van der Waals surface area contributed by atoms with E-state index < -0.39 is 0 Å². The number of fused-ring (bicyclic) bond motifs is 2. The van der Waals surface area contributed by atoms with Gasteiger partial charge >= 0.3 is 0 Å². The van der Waals surface area contributed by atoms with E-state index in [0.717, 1.165) is 32.9 Å². The monoisotopic (exact) mass is 323 g/mol. The fraction of sp³-hybridized carbons (Fsp3) is 0.235. The second kappa shape index (κ2) is 5.62. The minimum atomic E-state index is 0.0559. The molecule has 4 rings (SSSR count). The second-order valence-electron chi connectivity index (χ2n) is 5.87. The highest BCUT2D eigenvalue weighted by Crippen LogP contribution is 2.30. The molecule has 0 fully saturated rings. The molecule has 0 aliphatic rings. The number of thiophene rings is 1. The van der Waals surface area contributed by atoms with E-state index in [4.69, 9.17) is 4.98 Å². The number of aromatic nitrogens is 4. The van der Waals surface area contributed by atoms with Crippen LogP contribution in [0, 0.1) is 5.92 Å². The Morgan fingerprint density at radius 3 is 2.83 bits per heavy atom. The Morgan fingerprint density at radius 1 is 1.13 bits per heavy atom. The van der Waals surface area contributed by atoms with Gasteiger partial charge in [0.2, 0.25) is 0 Å². The van der Waals surface area contributed by atoms with Crippen LogP contribution in [0.1, 0.15) is 25.7 Å². The molecular weight excluding hydrogens is 306 g/mol. The molecule has 1 atom stereocenters. The molecule has 5 nitrogen and oxygen atoms in total. The molecule has 1 unspecified atom stereocenters. The molecule has 3 aromatic heterocycles. The number of hydrogen-bond donors (Lipinski definition) is 2. The summed E-state index contributed by atoms with van der Waals surface area (Å²) >= 11 is 1.62. The van der Waals surface area contributed by atoms with E-state index in [0.29, 0.717) is 5.92 Å². The maximum atomic E-state index is 4.74. The number of H-pyrrole nitrogens is 1. The zero-order valence-corrected chi connectivity index (χ0v) is 13.8. The highest BCUT2D eigenvalue weighted by Gasteiger charge is 2.21. The molecule has 0 aliphatic heterocycles. The van der Waals surface area contributed by atoms with E-state index >= 15 is 0 Å². The van der Waals surface area contributed by atoms with Crippen molar-refractivity contribution in [1.82, 2.24) is 19.9 Å². The van der Waals surface area contributed by atoms with Crippen LogP contribution in [0.15, 0.2) is 42.0 Å². The first-order chi connectivity index (χ1) is 11.2. The van der Waals surface area contributed by atoms with Gasteiger partial charge in [0.15, 0.2) is 0 Å². The molecular formula is C17H17N5S. The van der Waals surface area contributed by atoms with Gasteiger partial charge in [-0.2, -0.15) is 0 Å². The molecule has 4 aromatic rings. The maximum absolute atomic E-state index is 4.74. The predicted octanol–water partition coefficient (Wildman–Crippen LogP) is 4.38. The lowest BCUT2D eigenvalue weighted by molar-refractivity contribution is 0.525. The third kappa shape index (κ3) is 2.55. The standard InChI is InChI=1S/C17H17N5S/c1-10(2)14(16-20-12-5-3-4-6-13(12)21-16)22-15-11-7-8-23-17(11)19-9-18-15/h3-10,14H,1-2H3,(H,20,21)(H,18,19,22). The minimum absolute atomic E-state index is 0.0559. The van der Waals surface area contributed by atoms with Crippen molar-refractivity contribution in [3.8, 4) is 0 Å². The van der Waals surface area contributed by atoms with E-state index in [-0.39, 0.29) is 6.04 Å². The van der Waals surface area contributed by atoms with E-state index in [1.165, 1.54) is 0 Å². The van der Waals surface area contributed by atoms with Gasteiger partial charge in [-0.3, -0.25) is 0 Å². The number of nitrogens with one attached hydrogen (secondary N) is 2. The van der Waals surface area contributed by atoms with Gasteiger partial charge in [0.25, 0.3) is 0 Å². The van der Waals surface area contributed by atoms with Crippen LogP contribution in [0.2, 0.25) is 0 Å². The summed E-state index contributed by atoms with van der Waals surface area (Å²) < 4.78 is 0. The Balaban J connectivity index is 1.74. The summed E-state index contributed by atoms with van der Waals surface area (Å²) in [5.74, 6) is 2.15. The van der Waals surface area contributed by atoms with Crippen LogP contribution in [-0.2, 0) is 0 Å². The van der Waals surface area contributed by atoms with Gasteiger partial charge in [-0.1, -0.05) is 26.0 Å². The quantitative estimate of drug-likeness (QED) is 0.585. The van der Waals surface area contributed by atoms with Crippen molar-refractivity contribution >= 4 is 38.4 Å². The first kappa shape index (κ1) is 14.1. The van der Waals surface area contributed by atoms with Gasteiger partial charge in [0.05, 0.1) is 22.5 Å². The van der Waals surface area contributed by atoms with Gasteiger partial charge in [0.1, 0.15) is 22.8 Å². The Hall–Kier alpha value is -2.47. The van der Waals surface area contributed by atoms with Gasteiger partial charge < -0.3 is 10.3 Å². The molecule has 0 bridgehead atoms. The van der Waals surface area contributed by atoms with Gasteiger partial charge in [-0.05, 0) is 29.5 Å². The zero-order chi connectivity index (χ0) is 15.8. The average molecular weight is 323 g/mol. The molecule has 0 amide bonds. The van der Waals surface area contributed by atoms with E-state index in [1.54, 1.807) is 17.7 Å². The average Bonchev–Trinajstić information content (AvgIpc) is 3.18. The van der Waals surface area contributed by atoms with Crippen molar-refractivity contribution in [3.63, 3.8) is 0 Å². The Kier molecular flexibility index (Phi) is 3.46. The summed E-state index contributed by atoms with van der Waals surface area (Å²) in [7, 11) is 0. The number of imidazole rings is 1. The molecule has 0 saturated heterocycles. The summed E-state index contributed by atoms with van der Waals surface area (Å²) in [6.07, 6.45) is 1.61. The van der Waals surface area contributed by atoms with Crippen LogP contribution in [0.4, 0.5) is 5.82 Å². The predicted molar refractivity (Wildman–Crippen MR) is 94.7 cm³/mol. The smallest absolute Gasteiger partial charge is 0.138 e. The molecule has 0 saturated carbocycles. The topological polar surface area (TPSA) is 66.5 Å². The molecule has 23 heavy (non-hydrogen) atoms. The summed E-state index contributed by atoms with van der Waals surface area (Å²) in [4.78, 5) is 17.9. The molecule has 1 aromatic carbocycles. The van der Waals surface area contributed by atoms with Gasteiger partial charge in [-0.15, -0.1) is 11.3 Å². The third-order valence-electron chi connectivity index (χ3n) is 3.92. The van der Waals surface area contributed by atoms with E-state index in [1.807, 2.05) is 29.6 Å². The lowest BCUT2D eigenvalue weighted by Gasteiger charge is -2.21. The van der Waals surface area contributed by atoms with Crippen molar-refractivity contribution < 1.29 is 0 Å². The van der Waals surface area contributed by atoms with E-state index in [9.17, 15) is 0 Å². The second-order valence-corrected chi connectivity index (χ2v) is 6.76. The third-order valence-corrected chi connectivity index (χ3v) is 4.74. The maximum Gasteiger partial charge on any atom is 0.138 e. The molecule has 2 N–H and O–H groups in total. The number of nitrogens with zero attached hydrogens (tertiary/aromatic N) is 3. The Labute approximate surface area is 137 Å². The minimum Gasteiger partial charge on any atom is -0.359 e. The highest BCUT2D eigenvalue weighted by molar-refractivity contribution is 7.16. The number of para-hydroxylation sites is 2. The lowest BCUT2D eigenvalue weighted by Crippen LogP contribution is -2.19. The van der Waals surface area contributed by atoms with Crippen LogP contribution >= 0.6 is 11.3 Å². The van der Waals surface area contributed by atoms with Gasteiger partial charge in [0, 0.05) is 0 Å². The largest absolute Gasteiger partial charge is 0.359 e. The van der Waals surface area contributed by atoms with Gasteiger partial charge in [-0.25, -0.2) is 15.0 Å². The van der Waals surface area contributed by atoms with Crippen LogP contribution in [0.3, 0.4) is 0 Å². The van der Waals surface area contributed by atoms with Crippen molar-refractivity contribution in [2.24, 2.45) is 5.92 Å².